The molecule has 4 heteroatoms. The van der Waals surface area contributed by atoms with Crippen LogP contribution >= 0.6 is 24.4 Å². The predicted octanol–water partition coefficient (Wildman–Crippen LogP) is 1.83. The number of rotatable bonds is 4. The molecule has 12 heavy (non-hydrogen) atoms. The van der Waals surface area contributed by atoms with E-state index in [1.54, 1.807) is 13.8 Å². The number of hydrogen-bond acceptors (Lipinski definition) is 4. The second-order valence-corrected chi connectivity index (χ2v) is 4.35. The Morgan fingerprint density at radius 2 is 2.33 bits per heavy atom. The topological polar surface area (TPSA) is 44.0 Å². The second-order valence-electron chi connectivity index (χ2n) is 2.77. The van der Waals surface area contributed by atoms with Crippen molar-refractivity contribution in [1.29, 1.82) is 5.26 Å². The van der Waals surface area contributed by atoms with Crippen molar-refractivity contribution in [3.63, 3.8) is 0 Å². The Balaban J connectivity index is 4.28. The van der Waals surface area contributed by atoms with Crippen LogP contribution in [-0.4, -0.2) is 22.2 Å². The Morgan fingerprint density at radius 3 is 2.67 bits per heavy atom. The average Bonchev–Trinajstić information content (AvgIpc) is 1.95. The van der Waals surface area contributed by atoms with Crippen LogP contribution in [-0.2, 0) is 0 Å². The highest BCUT2D eigenvalue weighted by atomic mass is 32.2. The van der Waals surface area contributed by atoms with Gasteiger partial charge in [-0.15, -0.1) is 11.8 Å². The first-order valence-corrected chi connectivity index (χ1v) is 5.20. The van der Waals surface area contributed by atoms with Gasteiger partial charge in [-0.05, 0) is 19.6 Å². The molecule has 0 bridgehead atoms. The predicted molar refractivity (Wildman–Crippen MR) is 56.3 cm³/mol. The van der Waals surface area contributed by atoms with E-state index in [0.29, 0.717) is 4.91 Å². The molecule has 2 nitrogen and oxygen atoms in total. The fourth-order valence-electron chi connectivity index (χ4n) is 0.609. The Bertz CT molecular complexity index is 200. The van der Waals surface area contributed by atoms with Crippen molar-refractivity contribution >= 4 is 24.4 Å². The fourth-order valence-corrected chi connectivity index (χ4v) is 1.68. The zero-order chi connectivity index (χ0) is 9.61. The molecule has 0 aromatic heterocycles. The molecule has 0 rings (SSSR count). The Labute approximate surface area is 83.1 Å². The zero-order valence-electron chi connectivity index (χ0n) is 7.24. The lowest BCUT2D eigenvalue weighted by molar-refractivity contribution is 0.129. The summed E-state index contributed by atoms with van der Waals surface area (Å²) >= 11 is 5.51. The van der Waals surface area contributed by atoms with Gasteiger partial charge in [-0.25, -0.2) is 0 Å². The summed E-state index contributed by atoms with van der Waals surface area (Å²) in [5, 5.41) is 18.0. The highest BCUT2D eigenvalue weighted by molar-refractivity contribution is 8.03. The van der Waals surface area contributed by atoms with E-state index in [4.69, 9.17) is 5.26 Å². The van der Waals surface area contributed by atoms with Crippen LogP contribution in [0.2, 0.25) is 0 Å². The van der Waals surface area contributed by atoms with E-state index in [1.807, 2.05) is 6.07 Å². The van der Waals surface area contributed by atoms with E-state index in [1.165, 1.54) is 17.8 Å². The van der Waals surface area contributed by atoms with E-state index in [-0.39, 0.29) is 0 Å². The molecule has 0 heterocycles. The third-order valence-electron chi connectivity index (χ3n) is 1.15. The van der Waals surface area contributed by atoms with E-state index < -0.39 is 5.60 Å². The number of thioether (sulfide) groups is 1. The molecule has 0 atom stereocenters. The van der Waals surface area contributed by atoms with Gasteiger partial charge in [-0.3, -0.25) is 0 Å². The zero-order valence-corrected chi connectivity index (χ0v) is 8.95. The maximum atomic E-state index is 9.57. The molecule has 0 unspecified atom stereocenters. The Kier molecular flexibility index (Phi) is 5.47. The van der Waals surface area contributed by atoms with Gasteiger partial charge in [-0.2, -0.15) is 17.9 Å². The minimum Gasteiger partial charge on any atom is -0.385 e. The largest absolute Gasteiger partial charge is 0.385 e. The smallest absolute Gasteiger partial charge is 0.0921 e. The van der Waals surface area contributed by atoms with Crippen molar-refractivity contribution in [3.8, 4) is 6.07 Å². The van der Waals surface area contributed by atoms with E-state index >= 15 is 0 Å². The minimum absolute atomic E-state index is 0.694. The van der Waals surface area contributed by atoms with Crippen molar-refractivity contribution in [2.45, 2.75) is 19.4 Å². The van der Waals surface area contributed by atoms with Crippen molar-refractivity contribution in [1.82, 2.24) is 0 Å². The summed E-state index contributed by atoms with van der Waals surface area (Å²) in [6.07, 6.45) is 1.38. The summed E-state index contributed by atoms with van der Waals surface area (Å²) in [6, 6.07) is 1.92. The summed E-state index contributed by atoms with van der Waals surface area (Å²) < 4.78 is 0. The summed E-state index contributed by atoms with van der Waals surface area (Å²) in [4.78, 5) is 0.694. The maximum Gasteiger partial charge on any atom is 0.0921 e. The lowest BCUT2D eigenvalue weighted by Crippen LogP contribution is -2.20. The Morgan fingerprint density at radius 1 is 1.75 bits per heavy atom. The molecule has 0 spiro atoms. The normalized spacial score (nSPS) is 12.8. The number of thiol groups is 1. The van der Waals surface area contributed by atoms with Crippen LogP contribution in [0, 0.1) is 11.3 Å². The van der Waals surface area contributed by atoms with Crippen LogP contribution in [0.1, 0.15) is 13.8 Å². The first-order chi connectivity index (χ1) is 5.52. The van der Waals surface area contributed by atoms with Crippen molar-refractivity contribution in [3.05, 3.63) is 11.0 Å². The monoisotopic (exact) mass is 203 g/mol. The van der Waals surface area contributed by atoms with Gasteiger partial charge in [0.15, 0.2) is 0 Å². The van der Waals surface area contributed by atoms with Gasteiger partial charge >= 0.3 is 0 Å². The number of hydrogen-bond donors (Lipinski definition) is 2. The molecule has 68 valence electrons. The maximum absolute atomic E-state index is 9.57. The number of nitrogens with zero attached hydrogens (tertiary/aromatic N) is 1. The molecular formula is C8H13NOS2. The summed E-state index contributed by atoms with van der Waals surface area (Å²) in [7, 11) is 0. The Hall–Kier alpha value is -0.110. The van der Waals surface area contributed by atoms with Crippen LogP contribution in [0.15, 0.2) is 11.0 Å². The van der Waals surface area contributed by atoms with Gasteiger partial charge in [0.1, 0.15) is 0 Å². The molecule has 0 radical (unpaired) electrons. The third kappa shape index (κ3) is 4.70. The third-order valence-corrected chi connectivity index (χ3v) is 3.01. The molecular weight excluding hydrogens is 190 g/mol. The summed E-state index contributed by atoms with van der Waals surface area (Å²) in [5.74, 6) is 1.55. The van der Waals surface area contributed by atoms with Crippen LogP contribution in [0.4, 0.5) is 0 Å². The quantitative estimate of drug-likeness (QED) is 0.541. The first-order valence-electron chi connectivity index (χ1n) is 3.58. The molecule has 0 fully saturated rings. The number of allylic oxidation sites excluding steroid dienone is 1. The highest BCUT2D eigenvalue weighted by Crippen LogP contribution is 2.27. The van der Waals surface area contributed by atoms with Crippen LogP contribution < -0.4 is 0 Å². The van der Waals surface area contributed by atoms with Gasteiger partial charge in [0, 0.05) is 16.7 Å². The molecule has 1 N–H and O–H groups in total. The highest BCUT2D eigenvalue weighted by Gasteiger charge is 2.19. The summed E-state index contributed by atoms with van der Waals surface area (Å²) in [6.45, 7) is 3.34. The van der Waals surface area contributed by atoms with Crippen LogP contribution in [0.3, 0.4) is 0 Å². The van der Waals surface area contributed by atoms with Gasteiger partial charge < -0.3 is 5.11 Å². The van der Waals surface area contributed by atoms with Gasteiger partial charge in [-0.1, -0.05) is 0 Å². The molecule has 0 aromatic rings. The molecule has 0 aliphatic carbocycles. The lowest BCUT2D eigenvalue weighted by Gasteiger charge is -2.19. The molecule has 0 aliphatic heterocycles. The fraction of sp³-hybridized carbons (Fsp3) is 0.625. The number of nitriles is 1. The van der Waals surface area contributed by atoms with Crippen LogP contribution in [0.25, 0.3) is 0 Å². The van der Waals surface area contributed by atoms with Crippen molar-refractivity contribution in [2.75, 3.05) is 11.5 Å². The number of aliphatic hydroxyl groups is 1. The molecule has 0 aromatic carbocycles. The first kappa shape index (κ1) is 11.9. The SMILES string of the molecule is CC(C)(O)/C(=C\C#N)SCCS. The van der Waals surface area contributed by atoms with Crippen molar-refractivity contribution in [2.24, 2.45) is 0 Å². The molecule has 0 saturated carbocycles. The molecule has 0 saturated heterocycles. The van der Waals surface area contributed by atoms with E-state index in [9.17, 15) is 5.11 Å². The van der Waals surface area contributed by atoms with Crippen LogP contribution in [0.5, 0.6) is 0 Å². The second kappa shape index (κ2) is 5.52. The minimum atomic E-state index is -0.913. The van der Waals surface area contributed by atoms with Crippen molar-refractivity contribution < 1.29 is 5.11 Å². The van der Waals surface area contributed by atoms with E-state index in [2.05, 4.69) is 12.6 Å². The van der Waals surface area contributed by atoms with Gasteiger partial charge in [0.25, 0.3) is 0 Å². The standard InChI is InChI=1S/C8H13NOS2/c1-8(2,10)7(3-4-9)12-6-5-11/h3,10-11H,5-6H2,1-2H3/b7-3+. The van der Waals surface area contributed by atoms with E-state index in [0.717, 1.165) is 11.5 Å². The summed E-state index contributed by atoms with van der Waals surface area (Å²) in [5.41, 5.74) is -0.913. The lowest BCUT2D eigenvalue weighted by atomic mass is 10.1. The van der Waals surface area contributed by atoms with Gasteiger partial charge in [0.2, 0.25) is 0 Å². The van der Waals surface area contributed by atoms with Gasteiger partial charge in [0.05, 0.1) is 11.7 Å². The molecule has 0 aliphatic rings. The molecule has 0 amide bonds. The average molecular weight is 203 g/mol.